The minimum absolute atomic E-state index is 0.0945. The van der Waals surface area contributed by atoms with Crippen LogP contribution in [0.2, 0.25) is 0 Å². The van der Waals surface area contributed by atoms with Gasteiger partial charge in [-0.25, -0.2) is 17.5 Å². The van der Waals surface area contributed by atoms with Crippen LogP contribution < -0.4 is 5.32 Å². The van der Waals surface area contributed by atoms with E-state index in [-0.39, 0.29) is 10.5 Å². The van der Waals surface area contributed by atoms with Gasteiger partial charge in [0.2, 0.25) is 10.0 Å². The fraction of sp³-hybridized carbons (Fsp3) is 0.294. The van der Waals surface area contributed by atoms with Crippen LogP contribution in [0.1, 0.15) is 31.2 Å². The number of rotatable bonds is 5. The number of hydrogen-bond acceptors (Lipinski definition) is 6. The standard InChI is InChI=1S/C17H20N2O5S2/c1-10-11(2)25-16(14(10)17(21)24-5)18-15(20)12-6-8-13(9-7-12)26(22,23)19(3)4/h6-9H,1-5H3,(H,18,20). The Kier molecular flexibility index (Phi) is 5.84. The first-order chi connectivity index (χ1) is 12.1. The third-order valence-electron chi connectivity index (χ3n) is 3.90. The zero-order valence-electron chi connectivity index (χ0n) is 15.1. The summed E-state index contributed by atoms with van der Waals surface area (Å²) in [4.78, 5) is 25.4. The molecule has 0 radical (unpaired) electrons. The number of nitrogens with one attached hydrogen (secondary N) is 1. The highest BCUT2D eigenvalue weighted by Gasteiger charge is 2.22. The molecule has 0 atom stereocenters. The van der Waals surface area contributed by atoms with Crippen molar-refractivity contribution in [3.63, 3.8) is 0 Å². The van der Waals surface area contributed by atoms with E-state index < -0.39 is 21.9 Å². The Morgan fingerprint density at radius 1 is 1.12 bits per heavy atom. The van der Waals surface area contributed by atoms with Crippen LogP contribution in [0, 0.1) is 13.8 Å². The predicted octanol–water partition coefficient (Wildman–Crippen LogP) is 2.65. The number of amides is 1. The summed E-state index contributed by atoms with van der Waals surface area (Å²) >= 11 is 1.28. The van der Waals surface area contributed by atoms with E-state index in [1.54, 1.807) is 6.92 Å². The van der Waals surface area contributed by atoms with Gasteiger partial charge in [-0.05, 0) is 43.7 Å². The van der Waals surface area contributed by atoms with Gasteiger partial charge >= 0.3 is 5.97 Å². The summed E-state index contributed by atoms with van der Waals surface area (Å²) < 4.78 is 30.0. The molecule has 140 valence electrons. The van der Waals surface area contributed by atoms with Gasteiger partial charge in [0.1, 0.15) is 5.00 Å². The number of methoxy groups -OCH3 is 1. The molecule has 2 aromatic rings. The zero-order chi connectivity index (χ0) is 19.6. The summed E-state index contributed by atoms with van der Waals surface area (Å²) in [6.07, 6.45) is 0. The van der Waals surface area contributed by atoms with E-state index in [1.807, 2.05) is 6.92 Å². The van der Waals surface area contributed by atoms with E-state index in [1.165, 1.54) is 56.8 Å². The van der Waals surface area contributed by atoms with Crippen molar-refractivity contribution in [2.75, 3.05) is 26.5 Å². The second-order valence-corrected chi connectivity index (χ2v) is 9.12. The number of carbonyl (C=O) groups excluding carboxylic acids is 2. The van der Waals surface area contributed by atoms with Gasteiger partial charge in [-0.3, -0.25) is 4.79 Å². The largest absolute Gasteiger partial charge is 0.465 e. The monoisotopic (exact) mass is 396 g/mol. The van der Waals surface area contributed by atoms with E-state index >= 15 is 0 Å². The molecule has 0 aliphatic heterocycles. The molecule has 0 fully saturated rings. The maximum atomic E-state index is 12.5. The SMILES string of the molecule is COC(=O)c1c(NC(=O)c2ccc(S(=O)(=O)N(C)C)cc2)sc(C)c1C. The molecule has 0 spiro atoms. The minimum atomic E-state index is -3.56. The Balaban J connectivity index is 2.29. The summed E-state index contributed by atoms with van der Waals surface area (Å²) in [5.74, 6) is -0.959. The molecule has 1 aromatic carbocycles. The predicted molar refractivity (Wildman–Crippen MR) is 100 cm³/mol. The summed E-state index contributed by atoms with van der Waals surface area (Å²) in [6, 6.07) is 5.60. The molecule has 0 saturated heterocycles. The zero-order valence-corrected chi connectivity index (χ0v) is 16.7. The number of esters is 1. The van der Waals surface area contributed by atoms with Crippen LogP contribution in [-0.4, -0.2) is 45.8 Å². The summed E-state index contributed by atoms with van der Waals surface area (Å²) in [5.41, 5.74) is 1.36. The second kappa shape index (κ2) is 7.56. The fourth-order valence-electron chi connectivity index (χ4n) is 2.23. The Morgan fingerprint density at radius 3 is 2.19 bits per heavy atom. The van der Waals surface area contributed by atoms with Crippen LogP contribution in [-0.2, 0) is 14.8 Å². The van der Waals surface area contributed by atoms with E-state index in [4.69, 9.17) is 4.74 Å². The molecule has 0 saturated carbocycles. The van der Waals surface area contributed by atoms with Crippen molar-refractivity contribution in [2.24, 2.45) is 0 Å². The van der Waals surface area contributed by atoms with Crippen LogP contribution in [0.3, 0.4) is 0 Å². The third kappa shape index (κ3) is 3.79. The van der Waals surface area contributed by atoms with Gasteiger partial charge in [-0.1, -0.05) is 0 Å². The highest BCUT2D eigenvalue weighted by molar-refractivity contribution is 7.89. The molecule has 26 heavy (non-hydrogen) atoms. The van der Waals surface area contributed by atoms with Gasteiger partial charge in [0.25, 0.3) is 5.91 Å². The molecule has 1 N–H and O–H groups in total. The number of aryl methyl sites for hydroxylation is 1. The van der Waals surface area contributed by atoms with Crippen molar-refractivity contribution in [1.82, 2.24) is 4.31 Å². The summed E-state index contributed by atoms with van der Waals surface area (Å²) in [7, 11) is 0.595. The highest BCUT2D eigenvalue weighted by atomic mass is 32.2. The number of anilines is 1. The third-order valence-corrected chi connectivity index (χ3v) is 6.85. The first kappa shape index (κ1) is 20.1. The number of hydrogen-bond donors (Lipinski definition) is 1. The van der Waals surface area contributed by atoms with E-state index in [0.717, 1.165) is 14.7 Å². The topological polar surface area (TPSA) is 92.8 Å². The number of carbonyl (C=O) groups is 2. The maximum absolute atomic E-state index is 12.5. The second-order valence-electron chi connectivity index (χ2n) is 5.74. The van der Waals surface area contributed by atoms with Gasteiger partial charge in [0.05, 0.1) is 17.6 Å². The Bertz CT molecular complexity index is 944. The molecule has 1 heterocycles. The van der Waals surface area contributed by atoms with E-state index in [0.29, 0.717) is 10.6 Å². The van der Waals surface area contributed by atoms with Crippen molar-refractivity contribution < 1.29 is 22.7 Å². The van der Waals surface area contributed by atoms with Crippen LogP contribution >= 0.6 is 11.3 Å². The molecule has 1 aromatic heterocycles. The minimum Gasteiger partial charge on any atom is -0.465 e. The molecular formula is C17H20N2O5S2. The molecule has 7 nitrogen and oxygen atoms in total. The Morgan fingerprint density at radius 2 is 1.69 bits per heavy atom. The van der Waals surface area contributed by atoms with E-state index in [9.17, 15) is 18.0 Å². The van der Waals surface area contributed by atoms with Crippen molar-refractivity contribution >= 4 is 38.2 Å². The smallest absolute Gasteiger partial charge is 0.341 e. The van der Waals surface area contributed by atoms with Gasteiger partial charge in [0.15, 0.2) is 0 Å². The lowest BCUT2D eigenvalue weighted by Gasteiger charge is -2.11. The quantitative estimate of drug-likeness (QED) is 0.785. The summed E-state index contributed by atoms with van der Waals surface area (Å²) in [6.45, 7) is 3.64. The van der Waals surface area contributed by atoms with Crippen LogP contribution in [0.25, 0.3) is 0 Å². The van der Waals surface area contributed by atoms with Crippen molar-refractivity contribution in [2.45, 2.75) is 18.7 Å². The van der Waals surface area contributed by atoms with Gasteiger partial charge < -0.3 is 10.1 Å². The van der Waals surface area contributed by atoms with Crippen molar-refractivity contribution in [3.8, 4) is 0 Å². The van der Waals surface area contributed by atoms with Crippen molar-refractivity contribution in [3.05, 3.63) is 45.8 Å². The Hall–Kier alpha value is -2.23. The number of ether oxygens (including phenoxy) is 1. The molecule has 0 bridgehead atoms. The molecule has 2 rings (SSSR count). The molecule has 0 aliphatic rings. The Labute approximate surface area is 156 Å². The molecule has 1 amide bonds. The average molecular weight is 396 g/mol. The lowest BCUT2D eigenvalue weighted by Crippen LogP contribution is -2.22. The lowest BCUT2D eigenvalue weighted by atomic mass is 10.1. The lowest BCUT2D eigenvalue weighted by molar-refractivity contribution is 0.0601. The number of nitrogens with zero attached hydrogens (tertiary/aromatic N) is 1. The number of sulfonamides is 1. The van der Waals surface area contributed by atoms with Crippen LogP contribution in [0.15, 0.2) is 29.2 Å². The normalized spacial score (nSPS) is 11.5. The number of benzene rings is 1. The van der Waals surface area contributed by atoms with E-state index in [2.05, 4.69) is 5.32 Å². The first-order valence-corrected chi connectivity index (χ1v) is 9.87. The van der Waals surface area contributed by atoms with Gasteiger partial charge in [0, 0.05) is 24.5 Å². The first-order valence-electron chi connectivity index (χ1n) is 7.61. The summed E-state index contributed by atoms with van der Waals surface area (Å²) in [5, 5.41) is 3.11. The fourth-order valence-corrected chi connectivity index (χ4v) is 4.17. The maximum Gasteiger partial charge on any atom is 0.341 e. The van der Waals surface area contributed by atoms with Gasteiger partial charge in [-0.15, -0.1) is 11.3 Å². The van der Waals surface area contributed by atoms with Gasteiger partial charge in [-0.2, -0.15) is 0 Å². The molecule has 9 heteroatoms. The average Bonchev–Trinajstić information content (AvgIpc) is 2.88. The van der Waals surface area contributed by atoms with Crippen LogP contribution in [0.4, 0.5) is 5.00 Å². The molecular weight excluding hydrogens is 376 g/mol. The highest BCUT2D eigenvalue weighted by Crippen LogP contribution is 2.33. The molecule has 0 aliphatic carbocycles. The number of thiophene rings is 1. The molecule has 0 unspecified atom stereocenters. The van der Waals surface area contributed by atoms with Crippen molar-refractivity contribution in [1.29, 1.82) is 0 Å². The van der Waals surface area contributed by atoms with Crippen LogP contribution in [0.5, 0.6) is 0 Å².